The number of nitrogens with one attached hydrogen (secondary N) is 1. The molecule has 1 fully saturated rings. The third-order valence-corrected chi connectivity index (χ3v) is 4.10. The zero-order chi connectivity index (χ0) is 17.3. The van der Waals surface area contributed by atoms with Gasteiger partial charge in [-0.1, -0.05) is 12.1 Å². The second kappa shape index (κ2) is 6.32. The molecule has 0 bridgehead atoms. The minimum Gasteiger partial charge on any atom is -0.469 e. The predicted octanol–water partition coefficient (Wildman–Crippen LogP) is 3.25. The number of alkyl halides is 3. The molecule has 1 aromatic heterocycles. The van der Waals surface area contributed by atoms with Crippen LogP contribution in [0, 0.1) is 5.92 Å². The van der Waals surface area contributed by atoms with Gasteiger partial charge >= 0.3 is 6.18 Å². The number of halogens is 3. The summed E-state index contributed by atoms with van der Waals surface area (Å²) in [7, 11) is 0. The number of furan rings is 1. The van der Waals surface area contributed by atoms with Gasteiger partial charge in [-0.25, -0.2) is 0 Å². The van der Waals surface area contributed by atoms with Crippen LogP contribution in [0.15, 0.2) is 47.1 Å². The van der Waals surface area contributed by atoms with Crippen molar-refractivity contribution < 1.29 is 27.5 Å². The molecular formula is C17H16F3NO3. The van der Waals surface area contributed by atoms with Gasteiger partial charge in [0.25, 0.3) is 0 Å². The van der Waals surface area contributed by atoms with Crippen molar-refractivity contribution in [2.24, 2.45) is 5.92 Å². The van der Waals surface area contributed by atoms with E-state index in [9.17, 15) is 23.1 Å². The molecule has 1 saturated carbocycles. The highest BCUT2D eigenvalue weighted by molar-refractivity contribution is 5.82. The van der Waals surface area contributed by atoms with Crippen molar-refractivity contribution >= 4 is 5.91 Å². The first-order valence-electron chi connectivity index (χ1n) is 7.52. The number of aliphatic hydroxyl groups excluding tert-OH is 1. The molecule has 3 atom stereocenters. The summed E-state index contributed by atoms with van der Waals surface area (Å²) in [6.45, 7) is -0.137. The minimum atomic E-state index is -4.47. The summed E-state index contributed by atoms with van der Waals surface area (Å²) in [5.41, 5.74) is -0.714. The summed E-state index contributed by atoms with van der Waals surface area (Å²) in [5.74, 6) is 0.326. The van der Waals surface area contributed by atoms with Crippen LogP contribution in [0.5, 0.6) is 0 Å². The molecule has 1 aromatic carbocycles. The molecule has 2 aromatic rings. The first kappa shape index (κ1) is 16.6. The van der Waals surface area contributed by atoms with Crippen LogP contribution in [0.3, 0.4) is 0 Å². The average molecular weight is 339 g/mol. The van der Waals surface area contributed by atoms with Crippen molar-refractivity contribution in [3.05, 3.63) is 59.5 Å². The Hall–Kier alpha value is -2.28. The monoisotopic (exact) mass is 339 g/mol. The molecule has 0 saturated heterocycles. The fraction of sp³-hybridized carbons (Fsp3) is 0.353. The lowest BCUT2D eigenvalue weighted by Crippen LogP contribution is -2.30. The van der Waals surface area contributed by atoms with Gasteiger partial charge in [-0.3, -0.25) is 4.79 Å². The van der Waals surface area contributed by atoms with E-state index < -0.39 is 17.8 Å². The molecule has 0 aliphatic heterocycles. The molecule has 1 heterocycles. The van der Waals surface area contributed by atoms with E-state index in [1.165, 1.54) is 12.1 Å². The van der Waals surface area contributed by atoms with Gasteiger partial charge in [-0.15, -0.1) is 0 Å². The standard InChI is InChI=1S/C17H16F3NO3/c18-17(19,20)11-4-1-3-10(7-11)14(22)9-21-16(23)13-8-12(13)15-5-2-6-24-15/h1-7,12-14,22H,8-9H2,(H,21,23)/t12-,13-,14+/m1/s1. The van der Waals surface area contributed by atoms with Gasteiger partial charge in [0.05, 0.1) is 17.9 Å². The number of aliphatic hydroxyl groups is 1. The zero-order valence-electron chi connectivity index (χ0n) is 12.6. The Morgan fingerprint density at radius 1 is 1.33 bits per heavy atom. The quantitative estimate of drug-likeness (QED) is 0.879. The number of hydrogen-bond acceptors (Lipinski definition) is 3. The lowest BCUT2D eigenvalue weighted by Gasteiger charge is -2.14. The van der Waals surface area contributed by atoms with Crippen LogP contribution in [-0.4, -0.2) is 17.6 Å². The first-order chi connectivity index (χ1) is 11.4. The van der Waals surface area contributed by atoms with Gasteiger partial charge in [-0.05, 0) is 36.2 Å². The third kappa shape index (κ3) is 3.62. The van der Waals surface area contributed by atoms with E-state index in [2.05, 4.69) is 5.32 Å². The molecule has 1 aliphatic carbocycles. The highest BCUT2D eigenvalue weighted by Gasteiger charge is 2.45. The number of carbonyl (C=O) groups is 1. The summed E-state index contributed by atoms with van der Waals surface area (Å²) in [6.07, 6.45) is -3.46. The number of carbonyl (C=O) groups excluding carboxylic acids is 1. The van der Waals surface area contributed by atoms with Crippen molar-refractivity contribution in [2.75, 3.05) is 6.54 Å². The summed E-state index contributed by atoms with van der Waals surface area (Å²) < 4.78 is 43.3. The Morgan fingerprint density at radius 2 is 2.12 bits per heavy atom. The van der Waals surface area contributed by atoms with Crippen molar-refractivity contribution in [2.45, 2.75) is 24.6 Å². The summed E-state index contributed by atoms with van der Waals surface area (Å²) >= 11 is 0. The van der Waals surface area contributed by atoms with Crippen LogP contribution in [-0.2, 0) is 11.0 Å². The van der Waals surface area contributed by atoms with E-state index >= 15 is 0 Å². The van der Waals surface area contributed by atoms with Gasteiger partial charge in [0.1, 0.15) is 5.76 Å². The summed E-state index contributed by atoms with van der Waals surface area (Å²) in [4.78, 5) is 12.0. The van der Waals surface area contributed by atoms with Crippen LogP contribution in [0.1, 0.15) is 35.3 Å². The fourth-order valence-corrected chi connectivity index (χ4v) is 2.67. The highest BCUT2D eigenvalue weighted by atomic mass is 19.4. The summed E-state index contributed by atoms with van der Waals surface area (Å²) in [5, 5.41) is 12.6. The van der Waals surface area contributed by atoms with Crippen LogP contribution >= 0.6 is 0 Å². The molecule has 7 heteroatoms. The minimum absolute atomic E-state index is 0.0331. The molecule has 1 aliphatic rings. The Bertz CT molecular complexity index is 712. The highest BCUT2D eigenvalue weighted by Crippen LogP contribution is 2.47. The smallest absolute Gasteiger partial charge is 0.416 e. The topological polar surface area (TPSA) is 62.5 Å². The number of hydrogen-bond donors (Lipinski definition) is 2. The first-order valence-corrected chi connectivity index (χ1v) is 7.52. The lowest BCUT2D eigenvalue weighted by atomic mass is 10.1. The Balaban J connectivity index is 1.54. The molecule has 0 radical (unpaired) electrons. The Morgan fingerprint density at radius 3 is 2.79 bits per heavy atom. The molecule has 24 heavy (non-hydrogen) atoms. The molecular weight excluding hydrogens is 323 g/mol. The van der Waals surface area contributed by atoms with Crippen molar-refractivity contribution in [1.29, 1.82) is 0 Å². The largest absolute Gasteiger partial charge is 0.469 e. The van der Waals surface area contributed by atoms with Crippen LogP contribution in [0.25, 0.3) is 0 Å². The third-order valence-electron chi connectivity index (χ3n) is 4.10. The summed E-state index contributed by atoms with van der Waals surface area (Å²) in [6, 6.07) is 8.01. The van der Waals surface area contributed by atoms with Crippen LogP contribution in [0.4, 0.5) is 13.2 Å². The molecule has 3 rings (SSSR count). The van der Waals surface area contributed by atoms with E-state index in [0.717, 1.165) is 17.9 Å². The maximum atomic E-state index is 12.7. The number of rotatable bonds is 5. The Labute approximate surface area is 136 Å². The SMILES string of the molecule is O=C(NC[C@H](O)c1cccc(C(F)(F)F)c1)[C@@H]1C[C@H]1c1ccco1. The van der Waals surface area contributed by atoms with E-state index in [1.807, 2.05) is 0 Å². The van der Waals surface area contributed by atoms with Crippen LogP contribution in [0.2, 0.25) is 0 Å². The van der Waals surface area contributed by atoms with Gasteiger partial charge in [0.15, 0.2) is 0 Å². The van der Waals surface area contributed by atoms with Gasteiger partial charge < -0.3 is 14.8 Å². The van der Waals surface area contributed by atoms with Gasteiger partial charge in [-0.2, -0.15) is 13.2 Å². The second-order valence-corrected chi connectivity index (χ2v) is 5.85. The van der Waals surface area contributed by atoms with Crippen molar-refractivity contribution in [1.82, 2.24) is 5.32 Å². The number of benzene rings is 1. The second-order valence-electron chi connectivity index (χ2n) is 5.85. The average Bonchev–Trinajstić information content (AvgIpc) is 3.17. The van der Waals surface area contributed by atoms with E-state index in [0.29, 0.717) is 6.42 Å². The predicted molar refractivity (Wildman–Crippen MR) is 79.0 cm³/mol. The van der Waals surface area contributed by atoms with Crippen molar-refractivity contribution in [3.8, 4) is 0 Å². The maximum absolute atomic E-state index is 12.7. The van der Waals surface area contributed by atoms with E-state index in [4.69, 9.17) is 4.42 Å². The molecule has 4 nitrogen and oxygen atoms in total. The molecule has 0 spiro atoms. The normalized spacial score (nSPS) is 21.3. The Kier molecular flexibility index (Phi) is 4.36. The lowest BCUT2D eigenvalue weighted by molar-refractivity contribution is -0.137. The van der Waals surface area contributed by atoms with Crippen molar-refractivity contribution in [3.63, 3.8) is 0 Å². The molecule has 0 unspecified atom stereocenters. The number of amides is 1. The van der Waals surface area contributed by atoms with E-state index in [-0.39, 0.29) is 29.9 Å². The van der Waals surface area contributed by atoms with E-state index in [1.54, 1.807) is 18.4 Å². The maximum Gasteiger partial charge on any atom is 0.416 e. The van der Waals surface area contributed by atoms with Crippen LogP contribution < -0.4 is 5.32 Å². The zero-order valence-corrected chi connectivity index (χ0v) is 12.6. The fourth-order valence-electron chi connectivity index (χ4n) is 2.67. The van der Waals surface area contributed by atoms with Gasteiger partial charge in [0.2, 0.25) is 5.91 Å². The molecule has 128 valence electrons. The molecule has 1 amide bonds. The van der Waals surface area contributed by atoms with Gasteiger partial charge in [0, 0.05) is 18.4 Å². The molecule has 2 N–H and O–H groups in total.